The van der Waals surface area contributed by atoms with Gasteiger partial charge in [-0.25, -0.2) is 0 Å². The molecule has 41 heavy (non-hydrogen) atoms. The zero-order chi connectivity index (χ0) is 29.7. The van der Waals surface area contributed by atoms with Gasteiger partial charge in [-0.15, -0.1) is 10.2 Å². The average molecular weight is 563 g/mol. The van der Waals surface area contributed by atoms with Crippen molar-refractivity contribution < 1.29 is 19.8 Å². The van der Waals surface area contributed by atoms with E-state index in [4.69, 9.17) is 0 Å². The molecule has 3 aromatic rings. The molecule has 0 spiro atoms. The van der Waals surface area contributed by atoms with E-state index in [0.29, 0.717) is 41.5 Å². The number of phenolic OH excluding ortho intramolecular Hbond substituents is 2. The van der Waals surface area contributed by atoms with E-state index in [-0.39, 0.29) is 35.1 Å². The molecule has 1 aromatic heterocycles. The van der Waals surface area contributed by atoms with E-state index in [0.717, 1.165) is 44.7 Å². The molecule has 0 bridgehead atoms. The predicted octanol–water partition coefficient (Wildman–Crippen LogP) is 4.30. The topological polar surface area (TPSA) is 124 Å². The van der Waals surface area contributed by atoms with Crippen molar-refractivity contribution in [3.63, 3.8) is 0 Å². The van der Waals surface area contributed by atoms with Crippen LogP contribution < -0.4 is 5.32 Å². The molecule has 0 saturated carbocycles. The summed E-state index contributed by atoms with van der Waals surface area (Å²) in [6.07, 6.45) is 1.54. The molecule has 10 nitrogen and oxygen atoms in total. The third-order valence-corrected chi connectivity index (χ3v) is 7.47. The van der Waals surface area contributed by atoms with Gasteiger partial charge in [0.15, 0.2) is 5.82 Å². The van der Waals surface area contributed by atoms with E-state index < -0.39 is 0 Å². The summed E-state index contributed by atoms with van der Waals surface area (Å²) in [7, 11) is 0. The summed E-state index contributed by atoms with van der Waals surface area (Å²) in [4.78, 5) is 29.7. The Balaban J connectivity index is 1.55. The molecule has 2 heterocycles. The molecule has 0 atom stereocenters. The molecule has 10 heteroatoms. The Morgan fingerprint density at radius 2 is 1.63 bits per heavy atom. The van der Waals surface area contributed by atoms with E-state index in [9.17, 15) is 19.8 Å². The summed E-state index contributed by atoms with van der Waals surface area (Å²) in [6.45, 7) is 14.3. The molecule has 1 saturated heterocycles. The quantitative estimate of drug-likeness (QED) is 0.337. The SMILES string of the molecule is CCNC(=O)c1nnc(-c2cc(C(C)C)c(O)cc2O)n1-c1ccc(CN2CCN(C(=O)CCC(C)C)CC2)cc1. The number of benzene rings is 2. The van der Waals surface area contributed by atoms with Crippen LogP contribution in [0.1, 0.15) is 75.1 Å². The van der Waals surface area contributed by atoms with Gasteiger partial charge in [-0.05, 0) is 54.5 Å². The van der Waals surface area contributed by atoms with Crippen LogP contribution in [0.15, 0.2) is 36.4 Å². The number of nitrogens with zero attached hydrogens (tertiary/aromatic N) is 5. The first-order valence-electron chi connectivity index (χ1n) is 14.5. The van der Waals surface area contributed by atoms with Crippen LogP contribution in [0.25, 0.3) is 17.1 Å². The van der Waals surface area contributed by atoms with Gasteiger partial charge < -0.3 is 20.4 Å². The summed E-state index contributed by atoms with van der Waals surface area (Å²) >= 11 is 0. The van der Waals surface area contributed by atoms with Crippen LogP contribution in [0.4, 0.5) is 0 Å². The first-order valence-corrected chi connectivity index (χ1v) is 14.5. The van der Waals surface area contributed by atoms with Crippen LogP contribution >= 0.6 is 0 Å². The molecule has 1 aliphatic rings. The number of aromatic nitrogens is 3. The zero-order valence-electron chi connectivity index (χ0n) is 24.7. The van der Waals surface area contributed by atoms with Gasteiger partial charge in [-0.3, -0.25) is 19.1 Å². The Hall–Kier alpha value is -3.92. The minimum absolute atomic E-state index is 0.00127. The number of phenols is 2. The average Bonchev–Trinajstić information content (AvgIpc) is 3.37. The molecular formula is C31H42N6O4. The standard InChI is InChI=1S/C31H42N6O4/c1-6-32-31(41)30-34-33-29(25-17-24(21(4)5)26(38)18-27(25)39)37(30)23-10-8-22(9-11-23)19-35-13-15-36(16-14-35)28(40)12-7-20(2)3/h8-11,17-18,20-21,38-39H,6-7,12-16,19H2,1-5H3,(H,32,41). The van der Waals surface area contributed by atoms with Crippen molar-refractivity contribution >= 4 is 11.8 Å². The van der Waals surface area contributed by atoms with E-state index in [1.807, 2.05) is 49.9 Å². The lowest BCUT2D eigenvalue weighted by Crippen LogP contribution is -2.48. The molecular weight excluding hydrogens is 520 g/mol. The van der Waals surface area contributed by atoms with E-state index in [1.165, 1.54) is 6.07 Å². The maximum absolute atomic E-state index is 12.9. The van der Waals surface area contributed by atoms with Crippen LogP contribution in [0, 0.1) is 5.92 Å². The van der Waals surface area contributed by atoms with Gasteiger partial charge in [0.05, 0.1) is 5.56 Å². The summed E-state index contributed by atoms with van der Waals surface area (Å²) in [5.74, 6) is 0.659. The minimum Gasteiger partial charge on any atom is -0.508 e. The second kappa shape index (κ2) is 13.2. The Morgan fingerprint density at radius 3 is 2.24 bits per heavy atom. The molecule has 0 radical (unpaired) electrons. The van der Waals surface area contributed by atoms with Gasteiger partial charge >= 0.3 is 0 Å². The molecule has 3 N–H and O–H groups in total. The second-order valence-corrected chi connectivity index (χ2v) is 11.4. The number of carbonyl (C=O) groups is 2. The number of carbonyl (C=O) groups excluding carboxylic acids is 2. The maximum Gasteiger partial charge on any atom is 0.289 e. The Kier molecular flexibility index (Phi) is 9.65. The number of amides is 2. The molecule has 0 unspecified atom stereocenters. The largest absolute Gasteiger partial charge is 0.508 e. The monoisotopic (exact) mass is 562 g/mol. The van der Waals surface area contributed by atoms with Crippen molar-refractivity contribution in [1.82, 2.24) is 29.9 Å². The van der Waals surface area contributed by atoms with Gasteiger partial charge in [-0.2, -0.15) is 0 Å². The van der Waals surface area contributed by atoms with Crippen LogP contribution in [-0.4, -0.2) is 79.3 Å². The van der Waals surface area contributed by atoms with Crippen LogP contribution in [0.5, 0.6) is 11.5 Å². The fraction of sp³-hybridized carbons (Fsp3) is 0.484. The van der Waals surface area contributed by atoms with Gasteiger partial charge in [0.2, 0.25) is 11.7 Å². The van der Waals surface area contributed by atoms with Gasteiger partial charge in [-0.1, -0.05) is 39.8 Å². The zero-order valence-corrected chi connectivity index (χ0v) is 24.7. The number of piperazine rings is 1. The summed E-state index contributed by atoms with van der Waals surface area (Å²) in [5, 5.41) is 32.3. The molecule has 1 fully saturated rings. The van der Waals surface area contributed by atoms with Crippen molar-refractivity contribution in [3.05, 3.63) is 53.3 Å². The summed E-state index contributed by atoms with van der Waals surface area (Å²) < 4.78 is 1.63. The Morgan fingerprint density at radius 1 is 0.951 bits per heavy atom. The smallest absolute Gasteiger partial charge is 0.289 e. The minimum atomic E-state index is -0.376. The number of nitrogens with one attached hydrogen (secondary N) is 1. The highest BCUT2D eigenvalue weighted by Gasteiger charge is 2.25. The second-order valence-electron chi connectivity index (χ2n) is 11.4. The van der Waals surface area contributed by atoms with E-state index >= 15 is 0 Å². The summed E-state index contributed by atoms with van der Waals surface area (Å²) in [6, 6.07) is 10.8. The molecule has 0 aliphatic carbocycles. The number of hydrogen-bond donors (Lipinski definition) is 3. The third-order valence-electron chi connectivity index (χ3n) is 7.47. The summed E-state index contributed by atoms with van der Waals surface area (Å²) in [5.41, 5.74) is 2.81. The lowest BCUT2D eigenvalue weighted by molar-refractivity contribution is -0.133. The van der Waals surface area contributed by atoms with Crippen molar-refractivity contribution in [2.24, 2.45) is 5.92 Å². The van der Waals surface area contributed by atoms with Gasteiger partial charge in [0, 0.05) is 57.4 Å². The van der Waals surface area contributed by atoms with Crippen LogP contribution in [-0.2, 0) is 11.3 Å². The highest BCUT2D eigenvalue weighted by Crippen LogP contribution is 2.38. The third kappa shape index (κ3) is 7.05. The molecule has 1 aliphatic heterocycles. The normalized spacial score (nSPS) is 14.2. The number of aromatic hydroxyl groups is 2. The van der Waals surface area contributed by atoms with Gasteiger partial charge in [0.25, 0.3) is 5.91 Å². The van der Waals surface area contributed by atoms with Crippen molar-refractivity contribution in [1.29, 1.82) is 0 Å². The Bertz CT molecular complexity index is 1360. The van der Waals surface area contributed by atoms with Crippen LogP contribution in [0.2, 0.25) is 0 Å². The number of hydrogen-bond acceptors (Lipinski definition) is 7. The highest BCUT2D eigenvalue weighted by molar-refractivity contribution is 5.92. The fourth-order valence-corrected chi connectivity index (χ4v) is 5.06. The van der Waals surface area contributed by atoms with Crippen molar-refractivity contribution in [2.45, 2.75) is 59.9 Å². The number of rotatable bonds is 10. The van der Waals surface area contributed by atoms with E-state index in [2.05, 4.69) is 34.3 Å². The first-order chi connectivity index (χ1) is 19.6. The van der Waals surface area contributed by atoms with Crippen molar-refractivity contribution in [3.8, 4) is 28.6 Å². The molecule has 4 rings (SSSR count). The fourth-order valence-electron chi connectivity index (χ4n) is 5.06. The molecule has 2 amide bonds. The van der Waals surface area contributed by atoms with Crippen molar-refractivity contribution in [2.75, 3.05) is 32.7 Å². The predicted molar refractivity (Wildman–Crippen MR) is 158 cm³/mol. The van der Waals surface area contributed by atoms with Crippen LogP contribution in [0.3, 0.4) is 0 Å². The molecule has 2 aromatic carbocycles. The van der Waals surface area contributed by atoms with E-state index in [1.54, 1.807) is 10.6 Å². The van der Waals surface area contributed by atoms with Gasteiger partial charge in [0.1, 0.15) is 11.5 Å². The first kappa shape index (κ1) is 30.0. The maximum atomic E-state index is 12.9. The lowest BCUT2D eigenvalue weighted by Gasteiger charge is -2.35. The molecule has 220 valence electrons. The highest BCUT2D eigenvalue weighted by atomic mass is 16.3. The lowest BCUT2D eigenvalue weighted by atomic mass is 9.98. The Labute approximate surface area is 242 Å².